The average molecular weight is 249 g/mol. The lowest BCUT2D eigenvalue weighted by molar-refractivity contribution is -0.385. The number of anilines is 1. The van der Waals surface area contributed by atoms with Crippen molar-refractivity contribution in [2.45, 2.75) is 25.8 Å². The fourth-order valence-electron chi connectivity index (χ4n) is 2.06. The summed E-state index contributed by atoms with van der Waals surface area (Å²) in [6, 6.07) is 4.53. The van der Waals surface area contributed by atoms with Crippen molar-refractivity contribution in [3.8, 4) is 0 Å². The molecule has 96 valence electrons. The van der Waals surface area contributed by atoms with E-state index in [4.69, 9.17) is 0 Å². The van der Waals surface area contributed by atoms with Crippen molar-refractivity contribution in [1.29, 1.82) is 0 Å². The highest BCUT2D eigenvalue weighted by atomic mass is 16.6. The van der Waals surface area contributed by atoms with E-state index < -0.39 is 4.92 Å². The molecule has 1 aliphatic rings. The maximum Gasteiger partial charge on any atom is 0.272 e. The molecule has 0 spiro atoms. The van der Waals surface area contributed by atoms with Gasteiger partial charge in [0.2, 0.25) is 5.91 Å². The van der Waals surface area contributed by atoms with Crippen molar-refractivity contribution in [3.05, 3.63) is 33.9 Å². The molecule has 0 aromatic heterocycles. The van der Waals surface area contributed by atoms with Gasteiger partial charge in [-0.2, -0.15) is 0 Å². The standard InChI is InChI=1S/C12H15N3O3/c1-8-7-9(4-5-11(8)15(17)18)14-10-3-2-6-13-12(10)16/h4-5,7,10,14H,2-3,6H2,1H3,(H,13,16). The highest BCUT2D eigenvalue weighted by Crippen LogP contribution is 2.22. The number of hydrogen-bond acceptors (Lipinski definition) is 4. The highest BCUT2D eigenvalue weighted by Gasteiger charge is 2.22. The summed E-state index contributed by atoms with van der Waals surface area (Å²) in [5, 5.41) is 16.6. The van der Waals surface area contributed by atoms with Gasteiger partial charge in [0.25, 0.3) is 5.69 Å². The molecule has 1 atom stereocenters. The fraction of sp³-hybridized carbons (Fsp3) is 0.417. The summed E-state index contributed by atoms with van der Waals surface area (Å²) in [6.45, 7) is 2.40. The molecular formula is C12H15N3O3. The summed E-state index contributed by atoms with van der Waals surface area (Å²) < 4.78 is 0. The SMILES string of the molecule is Cc1cc(NC2CCCNC2=O)ccc1[N+](=O)[O-]. The number of benzene rings is 1. The summed E-state index contributed by atoms with van der Waals surface area (Å²) in [4.78, 5) is 21.9. The third-order valence-electron chi connectivity index (χ3n) is 3.02. The molecule has 18 heavy (non-hydrogen) atoms. The second-order valence-corrected chi connectivity index (χ2v) is 4.39. The van der Waals surface area contributed by atoms with E-state index in [1.807, 2.05) is 0 Å². The number of piperidine rings is 1. The molecule has 1 saturated heterocycles. The van der Waals surface area contributed by atoms with E-state index in [0.29, 0.717) is 5.56 Å². The van der Waals surface area contributed by atoms with Gasteiger partial charge in [0.05, 0.1) is 4.92 Å². The van der Waals surface area contributed by atoms with E-state index >= 15 is 0 Å². The number of carbonyl (C=O) groups is 1. The van der Waals surface area contributed by atoms with E-state index in [-0.39, 0.29) is 17.6 Å². The minimum Gasteiger partial charge on any atom is -0.374 e. The zero-order chi connectivity index (χ0) is 13.1. The van der Waals surface area contributed by atoms with Crippen LogP contribution in [0.25, 0.3) is 0 Å². The first kappa shape index (κ1) is 12.3. The lowest BCUT2D eigenvalue weighted by atomic mass is 10.1. The minimum atomic E-state index is -0.410. The molecule has 1 aromatic carbocycles. The molecule has 0 aliphatic carbocycles. The van der Waals surface area contributed by atoms with Crippen molar-refractivity contribution < 1.29 is 9.72 Å². The molecule has 6 nitrogen and oxygen atoms in total. The molecule has 1 aromatic rings. The van der Waals surface area contributed by atoms with Gasteiger partial charge in [-0.3, -0.25) is 14.9 Å². The molecule has 1 fully saturated rings. The fourth-order valence-corrected chi connectivity index (χ4v) is 2.06. The number of hydrogen-bond donors (Lipinski definition) is 2. The van der Waals surface area contributed by atoms with Crippen LogP contribution in [0.1, 0.15) is 18.4 Å². The van der Waals surface area contributed by atoms with Gasteiger partial charge in [0, 0.05) is 23.9 Å². The van der Waals surface area contributed by atoms with Gasteiger partial charge in [-0.1, -0.05) is 0 Å². The molecule has 0 saturated carbocycles. The Balaban J connectivity index is 2.12. The lowest BCUT2D eigenvalue weighted by Crippen LogP contribution is -2.44. The normalized spacial score (nSPS) is 19.2. The number of nitrogens with one attached hydrogen (secondary N) is 2. The predicted octanol–water partition coefficient (Wildman–Crippen LogP) is 1.59. The number of nitro groups is 1. The number of nitro benzene ring substituents is 1. The van der Waals surface area contributed by atoms with E-state index in [0.717, 1.165) is 25.1 Å². The van der Waals surface area contributed by atoms with Crippen LogP contribution in [0.2, 0.25) is 0 Å². The average Bonchev–Trinajstić information content (AvgIpc) is 2.32. The van der Waals surface area contributed by atoms with Crippen LogP contribution in [-0.4, -0.2) is 23.4 Å². The molecule has 6 heteroatoms. The van der Waals surface area contributed by atoms with Gasteiger partial charge < -0.3 is 10.6 Å². The zero-order valence-electron chi connectivity index (χ0n) is 10.1. The Labute approximate surface area is 105 Å². The summed E-state index contributed by atoms with van der Waals surface area (Å²) in [5.74, 6) is -0.0164. The molecule has 2 rings (SSSR count). The van der Waals surface area contributed by atoms with E-state index in [2.05, 4.69) is 10.6 Å². The Morgan fingerprint density at radius 2 is 2.28 bits per heavy atom. The van der Waals surface area contributed by atoms with Crippen molar-refractivity contribution in [1.82, 2.24) is 5.32 Å². The Hall–Kier alpha value is -2.11. The molecule has 1 amide bonds. The Morgan fingerprint density at radius 1 is 1.50 bits per heavy atom. The maximum atomic E-state index is 11.6. The highest BCUT2D eigenvalue weighted by molar-refractivity contribution is 5.85. The summed E-state index contributed by atoms with van der Waals surface area (Å²) in [7, 11) is 0. The summed E-state index contributed by atoms with van der Waals surface area (Å²) in [5.41, 5.74) is 1.41. The van der Waals surface area contributed by atoms with Crippen LogP contribution in [0.4, 0.5) is 11.4 Å². The van der Waals surface area contributed by atoms with E-state index in [1.165, 1.54) is 6.07 Å². The molecule has 1 aliphatic heterocycles. The molecule has 2 N–H and O–H groups in total. The molecule has 0 bridgehead atoms. The van der Waals surface area contributed by atoms with Crippen LogP contribution in [0.3, 0.4) is 0 Å². The molecule has 1 unspecified atom stereocenters. The van der Waals surface area contributed by atoms with E-state index in [1.54, 1.807) is 19.1 Å². The molecular weight excluding hydrogens is 234 g/mol. The van der Waals surface area contributed by atoms with Crippen LogP contribution >= 0.6 is 0 Å². The maximum absolute atomic E-state index is 11.6. The smallest absolute Gasteiger partial charge is 0.272 e. The zero-order valence-corrected chi connectivity index (χ0v) is 10.1. The van der Waals surface area contributed by atoms with Crippen LogP contribution in [0, 0.1) is 17.0 Å². The summed E-state index contributed by atoms with van der Waals surface area (Å²) >= 11 is 0. The first-order valence-electron chi connectivity index (χ1n) is 5.87. The van der Waals surface area contributed by atoms with Gasteiger partial charge in [0.1, 0.15) is 6.04 Å². The number of carbonyl (C=O) groups excluding carboxylic acids is 1. The number of amides is 1. The molecule has 1 heterocycles. The van der Waals surface area contributed by atoms with Crippen LogP contribution in [0.15, 0.2) is 18.2 Å². The van der Waals surface area contributed by atoms with Crippen LogP contribution < -0.4 is 10.6 Å². The van der Waals surface area contributed by atoms with Gasteiger partial charge in [-0.25, -0.2) is 0 Å². The Morgan fingerprint density at radius 3 is 2.89 bits per heavy atom. The van der Waals surface area contributed by atoms with Gasteiger partial charge in [-0.15, -0.1) is 0 Å². The Bertz CT molecular complexity index is 487. The van der Waals surface area contributed by atoms with Gasteiger partial charge >= 0.3 is 0 Å². The van der Waals surface area contributed by atoms with Crippen molar-refractivity contribution in [2.75, 3.05) is 11.9 Å². The second kappa shape index (κ2) is 5.03. The number of rotatable bonds is 3. The van der Waals surface area contributed by atoms with Crippen molar-refractivity contribution in [2.24, 2.45) is 0 Å². The topological polar surface area (TPSA) is 84.3 Å². The van der Waals surface area contributed by atoms with E-state index in [9.17, 15) is 14.9 Å². The van der Waals surface area contributed by atoms with Crippen molar-refractivity contribution >= 4 is 17.3 Å². The van der Waals surface area contributed by atoms with Gasteiger partial charge in [0.15, 0.2) is 0 Å². The monoisotopic (exact) mass is 249 g/mol. The number of nitrogens with zero attached hydrogens (tertiary/aromatic N) is 1. The third kappa shape index (κ3) is 2.58. The largest absolute Gasteiger partial charge is 0.374 e. The second-order valence-electron chi connectivity index (χ2n) is 4.39. The molecule has 0 radical (unpaired) electrons. The van der Waals surface area contributed by atoms with Crippen molar-refractivity contribution in [3.63, 3.8) is 0 Å². The first-order chi connectivity index (χ1) is 8.58. The lowest BCUT2D eigenvalue weighted by Gasteiger charge is -2.23. The van der Waals surface area contributed by atoms with Crippen LogP contribution in [0.5, 0.6) is 0 Å². The third-order valence-corrected chi connectivity index (χ3v) is 3.02. The number of aryl methyl sites for hydroxylation is 1. The predicted molar refractivity (Wildman–Crippen MR) is 67.5 cm³/mol. The quantitative estimate of drug-likeness (QED) is 0.629. The summed E-state index contributed by atoms with van der Waals surface area (Å²) in [6.07, 6.45) is 1.72. The van der Waals surface area contributed by atoms with Crippen LogP contribution in [-0.2, 0) is 4.79 Å². The van der Waals surface area contributed by atoms with Gasteiger partial charge in [-0.05, 0) is 31.9 Å². The minimum absolute atomic E-state index is 0.0164. The first-order valence-corrected chi connectivity index (χ1v) is 5.87. The Kier molecular flexibility index (Phi) is 3.45.